The van der Waals surface area contributed by atoms with Gasteiger partial charge in [0.2, 0.25) is 0 Å². The summed E-state index contributed by atoms with van der Waals surface area (Å²) in [4.78, 5) is 4.06. The van der Waals surface area contributed by atoms with Gasteiger partial charge in [-0.2, -0.15) is 0 Å². The van der Waals surface area contributed by atoms with Crippen LogP contribution in [0.3, 0.4) is 0 Å². The lowest BCUT2D eigenvalue weighted by molar-refractivity contribution is 0.586. The molecule has 68 valence electrons. The lowest BCUT2D eigenvalue weighted by Gasteiger charge is -2.05. The third-order valence-electron chi connectivity index (χ3n) is 1.88. The van der Waals surface area contributed by atoms with Gasteiger partial charge in [0, 0.05) is 25.0 Å². The number of rotatable bonds is 5. The van der Waals surface area contributed by atoms with Crippen molar-refractivity contribution < 1.29 is 0 Å². The van der Waals surface area contributed by atoms with Gasteiger partial charge in [0.1, 0.15) is 0 Å². The lowest BCUT2D eigenvalue weighted by atomic mass is 10.4. The van der Waals surface area contributed by atoms with E-state index in [1.165, 1.54) is 12.1 Å². The molecule has 3 nitrogen and oxygen atoms in total. The fourth-order valence-electron chi connectivity index (χ4n) is 1.12. The summed E-state index contributed by atoms with van der Waals surface area (Å²) in [7, 11) is 0. The van der Waals surface area contributed by atoms with Crippen molar-refractivity contribution in [2.45, 2.75) is 26.8 Å². The van der Waals surface area contributed by atoms with Crippen molar-refractivity contribution in [2.75, 3.05) is 13.1 Å². The van der Waals surface area contributed by atoms with Crippen molar-refractivity contribution in [3.63, 3.8) is 0 Å². The zero-order chi connectivity index (χ0) is 8.81. The first-order chi connectivity index (χ1) is 5.84. The highest BCUT2D eigenvalue weighted by Crippen LogP contribution is 1.94. The molecule has 0 amide bonds. The van der Waals surface area contributed by atoms with Crippen LogP contribution in [0.1, 0.15) is 19.0 Å². The zero-order valence-electron chi connectivity index (χ0n) is 7.88. The van der Waals surface area contributed by atoms with Crippen LogP contribution in [0.2, 0.25) is 0 Å². The first-order valence-corrected chi connectivity index (χ1v) is 4.52. The Morgan fingerprint density at radius 2 is 2.33 bits per heavy atom. The molecule has 1 aromatic rings. The summed E-state index contributed by atoms with van der Waals surface area (Å²) in [5.74, 6) is 0. The third kappa shape index (κ3) is 2.66. The number of hydrogen-bond donors (Lipinski definition) is 1. The van der Waals surface area contributed by atoms with E-state index in [0.717, 1.165) is 19.6 Å². The molecule has 0 unspecified atom stereocenters. The Morgan fingerprint density at radius 1 is 1.50 bits per heavy atom. The van der Waals surface area contributed by atoms with Crippen LogP contribution in [0.15, 0.2) is 12.5 Å². The Morgan fingerprint density at radius 3 is 2.92 bits per heavy atom. The quantitative estimate of drug-likeness (QED) is 0.668. The highest BCUT2D eigenvalue weighted by molar-refractivity contribution is 4.93. The molecule has 12 heavy (non-hydrogen) atoms. The lowest BCUT2D eigenvalue weighted by Crippen LogP contribution is -2.20. The fraction of sp³-hybridized carbons (Fsp3) is 0.667. The summed E-state index contributed by atoms with van der Waals surface area (Å²) in [5, 5.41) is 3.35. The minimum atomic E-state index is 1.02. The van der Waals surface area contributed by atoms with Crippen LogP contribution >= 0.6 is 0 Å². The van der Waals surface area contributed by atoms with Gasteiger partial charge in [0.15, 0.2) is 0 Å². The van der Waals surface area contributed by atoms with Crippen LogP contribution < -0.4 is 5.32 Å². The maximum atomic E-state index is 4.06. The molecule has 3 heteroatoms. The van der Waals surface area contributed by atoms with E-state index < -0.39 is 0 Å². The van der Waals surface area contributed by atoms with Gasteiger partial charge in [-0.05, 0) is 19.9 Å². The summed E-state index contributed by atoms with van der Waals surface area (Å²) >= 11 is 0. The van der Waals surface area contributed by atoms with E-state index in [9.17, 15) is 0 Å². The van der Waals surface area contributed by atoms with Crippen molar-refractivity contribution in [3.05, 3.63) is 18.2 Å². The smallest absolute Gasteiger partial charge is 0.0948 e. The van der Waals surface area contributed by atoms with Crippen LogP contribution in [0.4, 0.5) is 0 Å². The van der Waals surface area contributed by atoms with E-state index in [1.54, 1.807) is 0 Å². The monoisotopic (exact) mass is 167 g/mol. The number of aryl methyl sites for hydroxylation is 1. The zero-order valence-corrected chi connectivity index (χ0v) is 7.88. The number of aromatic nitrogens is 2. The molecule has 0 bridgehead atoms. The maximum Gasteiger partial charge on any atom is 0.0948 e. The molecule has 0 radical (unpaired) electrons. The maximum absolute atomic E-state index is 4.06. The van der Waals surface area contributed by atoms with Crippen molar-refractivity contribution >= 4 is 0 Å². The average Bonchev–Trinajstić information content (AvgIpc) is 2.46. The average molecular weight is 167 g/mol. The standard InChI is InChI=1S/C9H17N3/c1-3-4-10-5-6-12-8-11-7-9(12)2/h7-8,10H,3-6H2,1-2H3. The molecule has 1 rings (SSSR count). The van der Waals surface area contributed by atoms with Gasteiger partial charge in [-0.25, -0.2) is 4.98 Å². The number of imidazole rings is 1. The summed E-state index contributed by atoms with van der Waals surface area (Å²) in [6, 6.07) is 0. The van der Waals surface area contributed by atoms with Crippen LogP contribution in [0.5, 0.6) is 0 Å². The largest absolute Gasteiger partial charge is 0.334 e. The molecule has 0 saturated carbocycles. The van der Waals surface area contributed by atoms with E-state index in [4.69, 9.17) is 0 Å². The van der Waals surface area contributed by atoms with E-state index in [0.29, 0.717) is 0 Å². The molecule has 0 aliphatic carbocycles. The van der Waals surface area contributed by atoms with Crippen molar-refractivity contribution in [1.82, 2.24) is 14.9 Å². The predicted octanol–water partition coefficient (Wildman–Crippen LogP) is 1.19. The number of nitrogens with one attached hydrogen (secondary N) is 1. The van der Waals surface area contributed by atoms with Crippen LogP contribution in [-0.4, -0.2) is 22.6 Å². The molecule has 1 aromatic heterocycles. The molecule has 0 aromatic carbocycles. The SMILES string of the molecule is CCCNCCn1cncc1C. The van der Waals surface area contributed by atoms with Crippen LogP contribution in [0, 0.1) is 6.92 Å². The van der Waals surface area contributed by atoms with Crippen LogP contribution in [0.25, 0.3) is 0 Å². The normalized spacial score (nSPS) is 10.5. The van der Waals surface area contributed by atoms with Gasteiger partial charge >= 0.3 is 0 Å². The second-order valence-electron chi connectivity index (χ2n) is 2.98. The Kier molecular flexibility index (Phi) is 3.80. The summed E-state index contributed by atoms with van der Waals surface area (Å²) < 4.78 is 2.16. The van der Waals surface area contributed by atoms with E-state index in [1.807, 2.05) is 12.5 Å². The Bertz CT molecular complexity index is 217. The van der Waals surface area contributed by atoms with E-state index in [-0.39, 0.29) is 0 Å². The van der Waals surface area contributed by atoms with Gasteiger partial charge in [-0.3, -0.25) is 0 Å². The second-order valence-corrected chi connectivity index (χ2v) is 2.98. The van der Waals surface area contributed by atoms with Crippen molar-refractivity contribution in [3.8, 4) is 0 Å². The molecule has 0 aliphatic rings. The highest BCUT2D eigenvalue weighted by atomic mass is 15.1. The minimum absolute atomic E-state index is 1.02. The number of nitrogens with zero attached hydrogens (tertiary/aromatic N) is 2. The summed E-state index contributed by atoms with van der Waals surface area (Å²) in [6.45, 7) is 7.41. The topological polar surface area (TPSA) is 29.9 Å². The molecule has 0 fully saturated rings. The van der Waals surface area contributed by atoms with Gasteiger partial charge < -0.3 is 9.88 Å². The molecule has 0 atom stereocenters. The summed E-state index contributed by atoms with van der Waals surface area (Å²) in [6.07, 6.45) is 4.96. The predicted molar refractivity (Wildman–Crippen MR) is 50.1 cm³/mol. The first-order valence-electron chi connectivity index (χ1n) is 4.52. The van der Waals surface area contributed by atoms with Gasteiger partial charge in [-0.15, -0.1) is 0 Å². The molecule has 1 N–H and O–H groups in total. The Labute approximate surface area is 73.8 Å². The fourth-order valence-corrected chi connectivity index (χ4v) is 1.12. The Hall–Kier alpha value is -0.830. The molecule has 0 saturated heterocycles. The second kappa shape index (κ2) is 4.93. The molecule has 1 heterocycles. The van der Waals surface area contributed by atoms with Crippen molar-refractivity contribution in [2.24, 2.45) is 0 Å². The Balaban J connectivity index is 2.20. The molecular formula is C9H17N3. The van der Waals surface area contributed by atoms with Gasteiger partial charge in [0.05, 0.1) is 6.33 Å². The van der Waals surface area contributed by atoms with Crippen LogP contribution in [-0.2, 0) is 6.54 Å². The van der Waals surface area contributed by atoms with E-state index in [2.05, 4.69) is 28.7 Å². The van der Waals surface area contributed by atoms with Crippen molar-refractivity contribution in [1.29, 1.82) is 0 Å². The first kappa shape index (κ1) is 9.26. The molecule has 0 aliphatic heterocycles. The van der Waals surface area contributed by atoms with E-state index >= 15 is 0 Å². The third-order valence-corrected chi connectivity index (χ3v) is 1.88. The highest BCUT2D eigenvalue weighted by Gasteiger charge is 1.93. The minimum Gasteiger partial charge on any atom is -0.334 e. The molecular weight excluding hydrogens is 150 g/mol. The van der Waals surface area contributed by atoms with Gasteiger partial charge in [0.25, 0.3) is 0 Å². The number of hydrogen-bond acceptors (Lipinski definition) is 2. The molecule has 0 spiro atoms. The summed E-state index contributed by atoms with van der Waals surface area (Å²) in [5.41, 5.74) is 1.23. The van der Waals surface area contributed by atoms with Gasteiger partial charge in [-0.1, -0.05) is 6.92 Å².